The highest BCUT2D eigenvalue weighted by Crippen LogP contribution is 2.28. The number of carbonyl (C=O) groups is 2. The minimum atomic E-state index is -0.524. The molecular weight excluding hydrogens is 320 g/mol. The molecule has 1 unspecified atom stereocenters. The summed E-state index contributed by atoms with van der Waals surface area (Å²) in [5.41, 5.74) is 0.442. The number of nitrogens with zero attached hydrogens (tertiary/aromatic N) is 1. The summed E-state index contributed by atoms with van der Waals surface area (Å²) in [5, 5.41) is 2.66. The van der Waals surface area contributed by atoms with Gasteiger partial charge in [0.1, 0.15) is 11.4 Å². The Morgan fingerprint density at radius 1 is 1.24 bits per heavy atom. The number of carbonyl (C=O) groups excluding carboxylic acids is 2. The smallest absolute Gasteiger partial charge is 0.407 e. The molecule has 1 rings (SSSR count). The van der Waals surface area contributed by atoms with Gasteiger partial charge in [0.05, 0.1) is 13.2 Å². The van der Waals surface area contributed by atoms with Gasteiger partial charge in [-0.1, -0.05) is 18.2 Å². The third kappa shape index (κ3) is 7.03. The third-order valence-electron chi connectivity index (χ3n) is 3.80. The van der Waals surface area contributed by atoms with E-state index in [0.717, 1.165) is 11.3 Å². The maximum Gasteiger partial charge on any atom is 0.407 e. The average molecular weight is 350 g/mol. The molecule has 2 amide bonds. The lowest BCUT2D eigenvalue weighted by Crippen LogP contribution is -2.34. The third-order valence-corrected chi connectivity index (χ3v) is 3.80. The molecule has 0 radical (unpaired) electrons. The van der Waals surface area contributed by atoms with Crippen LogP contribution in [-0.4, -0.2) is 43.2 Å². The minimum Gasteiger partial charge on any atom is -0.496 e. The zero-order valence-corrected chi connectivity index (χ0v) is 16.1. The van der Waals surface area contributed by atoms with Crippen LogP contribution in [0.25, 0.3) is 0 Å². The number of methoxy groups -OCH3 is 1. The molecule has 0 spiro atoms. The molecule has 1 aromatic rings. The molecule has 0 heterocycles. The van der Waals surface area contributed by atoms with Crippen molar-refractivity contribution in [2.75, 3.05) is 20.7 Å². The van der Waals surface area contributed by atoms with Gasteiger partial charge >= 0.3 is 6.09 Å². The molecule has 6 heteroatoms. The van der Waals surface area contributed by atoms with E-state index >= 15 is 0 Å². The first-order chi connectivity index (χ1) is 11.7. The van der Waals surface area contributed by atoms with E-state index in [4.69, 9.17) is 9.47 Å². The van der Waals surface area contributed by atoms with Crippen molar-refractivity contribution < 1.29 is 19.1 Å². The monoisotopic (exact) mass is 350 g/mol. The number of ether oxygens (including phenoxy) is 2. The molecular formula is C19H30N2O4. The summed E-state index contributed by atoms with van der Waals surface area (Å²) >= 11 is 0. The molecule has 1 atom stereocenters. The SMILES string of the molecule is COc1ccccc1C(C)N(C)C(=O)CCCNC(=O)OC(C)(C)C. The lowest BCUT2D eigenvalue weighted by Gasteiger charge is -2.26. The van der Waals surface area contributed by atoms with Crippen molar-refractivity contribution in [2.24, 2.45) is 0 Å². The number of hydrogen-bond donors (Lipinski definition) is 1. The van der Waals surface area contributed by atoms with Gasteiger partial charge in [0.2, 0.25) is 5.91 Å². The van der Waals surface area contributed by atoms with E-state index in [1.807, 2.05) is 52.0 Å². The molecule has 0 saturated heterocycles. The number of nitrogens with one attached hydrogen (secondary N) is 1. The standard InChI is InChI=1S/C19H30N2O4/c1-14(15-10-7-8-11-16(15)24-6)21(5)17(22)12-9-13-20-18(23)25-19(2,3)4/h7-8,10-11,14H,9,12-13H2,1-6H3,(H,20,23). The van der Waals surface area contributed by atoms with E-state index in [9.17, 15) is 9.59 Å². The second-order valence-corrected chi connectivity index (χ2v) is 6.95. The molecule has 0 saturated carbocycles. The van der Waals surface area contributed by atoms with Crippen molar-refractivity contribution in [3.05, 3.63) is 29.8 Å². The Labute approximate surface area is 150 Å². The van der Waals surface area contributed by atoms with Crippen molar-refractivity contribution in [1.29, 1.82) is 0 Å². The van der Waals surface area contributed by atoms with E-state index in [1.54, 1.807) is 19.1 Å². The highest BCUT2D eigenvalue weighted by atomic mass is 16.6. The normalized spacial score (nSPS) is 12.2. The molecule has 0 aliphatic heterocycles. The summed E-state index contributed by atoms with van der Waals surface area (Å²) in [4.78, 5) is 25.6. The predicted octanol–water partition coefficient (Wildman–Crippen LogP) is 3.52. The Hall–Kier alpha value is -2.24. The molecule has 0 aliphatic carbocycles. The molecule has 0 bridgehead atoms. The summed E-state index contributed by atoms with van der Waals surface area (Å²) in [6.45, 7) is 7.80. The quantitative estimate of drug-likeness (QED) is 0.764. The maximum atomic E-state index is 12.4. The first-order valence-electron chi connectivity index (χ1n) is 8.51. The van der Waals surface area contributed by atoms with Gasteiger partial charge in [-0.15, -0.1) is 0 Å². The lowest BCUT2D eigenvalue weighted by atomic mass is 10.1. The van der Waals surface area contributed by atoms with Crippen molar-refractivity contribution in [1.82, 2.24) is 10.2 Å². The Morgan fingerprint density at radius 3 is 2.48 bits per heavy atom. The summed E-state index contributed by atoms with van der Waals surface area (Å²) in [6, 6.07) is 7.57. The van der Waals surface area contributed by atoms with Crippen LogP contribution in [0.2, 0.25) is 0 Å². The van der Waals surface area contributed by atoms with E-state index in [1.165, 1.54) is 0 Å². The Morgan fingerprint density at radius 2 is 1.88 bits per heavy atom. The van der Waals surface area contributed by atoms with E-state index in [-0.39, 0.29) is 11.9 Å². The van der Waals surface area contributed by atoms with Gasteiger partial charge < -0.3 is 19.7 Å². The zero-order chi connectivity index (χ0) is 19.0. The predicted molar refractivity (Wildman–Crippen MR) is 97.6 cm³/mol. The second-order valence-electron chi connectivity index (χ2n) is 6.95. The van der Waals surface area contributed by atoms with Gasteiger partial charge in [-0.2, -0.15) is 0 Å². The molecule has 6 nitrogen and oxygen atoms in total. The molecule has 0 aliphatic rings. The van der Waals surface area contributed by atoms with Crippen molar-refractivity contribution in [3.8, 4) is 5.75 Å². The van der Waals surface area contributed by atoms with Crippen LogP contribution >= 0.6 is 0 Å². The van der Waals surface area contributed by atoms with Crippen LogP contribution in [0.15, 0.2) is 24.3 Å². The van der Waals surface area contributed by atoms with Crippen LogP contribution in [0.4, 0.5) is 4.79 Å². The highest BCUT2D eigenvalue weighted by Gasteiger charge is 2.20. The van der Waals surface area contributed by atoms with Crippen LogP contribution in [0.5, 0.6) is 5.75 Å². The largest absolute Gasteiger partial charge is 0.496 e. The average Bonchev–Trinajstić information content (AvgIpc) is 2.55. The Kier molecular flexibility index (Phi) is 7.74. The fraction of sp³-hybridized carbons (Fsp3) is 0.579. The van der Waals surface area contributed by atoms with Crippen molar-refractivity contribution in [3.63, 3.8) is 0 Å². The topological polar surface area (TPSA) is 67.9 Å². The molecule has 1 aromatic carbocycles. The van der Waals surface area contributed by atoms with Crippen LogP contribution < -0.4 is 10.1 Å². The molecule has 1 N–H and O–H groups in total. The Balaban J connectivity index is 2.45. The molecule has 25 heavy (non-hydrogen) atoms. The number of amides is 2. The number of benzene rings is 1. The summed E-state index contributed by atoms with van der Waals surface area (Å²) in [5.74, 6) is 0.783. The van der Waals surface area contributed by atoms with Gasteiger partial charge in [0, 0.05) is 25.6 Å². The molecule has 0 aromatic heterocycles. The fourth-order valence-electron chi connectivity index (χ4n) is 2.36. The van der Waals surface area contributed by atoms with Crippen LogP contribution in [0.3, 0.4) is 0 Å². The molecule has 0 fully saturated rings. The number of alkyl carbamates (subject to hydrolysis) is 1. The lowest BCUT2D eigenvalue weighted by molar-refractivity contribution is -0.131. The number of rotatable bonds is 7. The van der Waals surface area contributed by atoms with Gasteiger partial charge in [0.25, 0.3) is 0 Å². The van der Waals surface area contributed by atoms with E-state index < -0.39 is 11.7 Å². The van der Waals surface area contributed by atoms with Gasteiger partial charge in [-0.25, -0.2) is 4.79 Å². The molecule has 140 valence electrons. The van der Waals surface area contributed by atoms with E-state index in [2.05, 4.69) is 5.32 Å². The van der Waals surface area contributed by atoms with Crippen molar-refractivity contribution in [2.45, 2.75) is 52.2 Å². The van der Waals surface area contributed by atoms with E-state index in [0.29, 0.717) is 19.4 Å². The summed E-state index contributed by atoms with van der Waals surface area (Å²) < 4.78 is 10.5. The van der Waals surface area contributed by atoms with Crippen LogP contribution in [0.1, 0.15) is 52.1 Å². The first kappa shape index (κ1) is 20.8. The van der Waals surface area contributed by atoms with Crippen LogP contribution in [-0.2, 0) is 9.53 Å². The number of hydrogen-bond acceptors (Lipinski definition) is 4. The summed E-state index contributed by atoms with van der Waals surface area (Å²) in [7, 11) is 3.40. The highest BCUT2D eigenvalue weighted by molar-refractivity contribution is 5.76. The van der Waals surface area contributed by atoms with Gasteiger partial charge in [0.15, 0.2) is 0 Å². The van der Waals surface area contributed by atoms with Crippen LogP contribution in [0, 0.1) is 0 Å². The minimum absolute atomic E-state index is 0.0180. The Bertz CT molecular complexity index is 581. The van der Waals surface area contributed by atoms with Gasteiger partial charge in [-0.05, 0) is 40.2 Å². The summed E-state index contributed by atoms with van der Waals surface area (Å²) in [6.07, 6.45) is 0.447. The first-order valence-corrected chi connectivity index (χ1v) is 8.51. The zero-order valence-electron chi connectivity index (χ0n) is 16.1. The second kappa shape index (κ2) is 9.30. The maximum absolute atomic E-state index is 12.4. The fourth-order valence-corrected chi connectivity index (χ4v) is 2.36. The van der Waals surface area contributed by atoms with Crippen molar-refractivity contribution >= 4 is 12.0 Å². The number of para-hydroxylation sites is 1. The van der Waals surface area contributed by atoms with Gasteiger partial charge in [-0.3, -0.25) is 4.79 Å².